The maximum atomic E-state index is 12.6. The van der Waals surface area contributed by atoms with Crippen molar-refractivity contribution in [1.82, 2.24) is 9.88 Å². The number of aliphatic carboxylic acids is 1. The Hall–Kier alpha value is -2.42. The van der Waals surface area contributed by atoms with Gasteiger partial charge in [-0.05, 0) is 31.9 Å². The second-order valence-corrected chi connectivity index (χ2v) is 5.70. The number of likely N-dealkylation sites (N-methyl/N-ethyl adjacent to an activating group) is 1. The minimum absolute atomic E-state index is 0.171. The number of carboxylic acid groups (broad SMARTS) is 1. The fourth-order valence-electron chi connectivity index (χ4n) is 2.99. The number of rotatable bonds is 3. The van der Waals surface area contributed by atoms with Crippen molar-refractivity contribution in [1.29, 1.82) is 5.26 Å². The highest BCUT2D eigenvalue weighted by atomic mass is 16.4. The van der Waals surface area contributed by atoms with Crippen molar-refractivity contribution in [3.63, 3.8) is 0 Å². The van der Waals surface area contributed by atoms with Gasteiger partial charge in [-0.1, -0.05) is 19.3 Å². The minimum Gasteiger partial charge on any atom is -0.479 e. The third kappa shape index (κ3) is 2.67. The van der Waals surface area contributed by atoms with E-state index >= 15 is 0 Å². The average Bonchev–Trinajstić information content (AvgIpc) is 2.53. The molecule has 0 unspecified atom stereocenters. The molecule has 22 heavy (non-hydrogen) atoms. The highest BCUT2D eigenvalue weighted by Crippen LogP contribution is 2.34. The first kappa shape index (κ1) is 16.0. The molecule has 1 aromatic rings. The zero-order valence-corrected chi connectivity index (χ0v) is 12.8. The fourth-order valence-corrected chi connectivity index (χ4v) is 2.99. The van der Waals surface area contributed by atoms with Crippen molar-refractivity contribution in [3.8, 4) is 6.07 Å². The van der Waals surface area contributed by atoms with Crippen LogP contribution in [0.1, 0.15) is 53.8 Å². The Balaban J connectivity index is 2.33. The lowest BCUT2D eigenvalue weighted by Gasteiger charge is -2.40. The van der Waals surface area contributed by atoms with Crippen molar-refractivity contribution < 1.29 is 14.7 Å². The fraction of sp³-hybridized carbons (Fsp3) is 0.500. The molecule has 1 N–H and O–H groups in total. The predicted molar refractivity (Wildman–Crippen MR) is 79.2 cm³/mol. The second-order valence-electron chi connectivity index (χ2n) is 5.70. The summed E-state index contributed by atoms with van der Waals surface area (Å²) >= 11 is 0. The molecule has 6 nitrogen and oxygen atoms in total. The van der Waals surface area contributed by atoms with Crippen LogP contribution >= 0.6 is 0 Å². The molecule has 0 spiro atoms. The van der Waals surface area contributed by atoms with E-state index in [-0.39, 0.29) is 5.69 Å². The van der Waals surface area contributed by atoms with Gasteiger partial charge in [0.15, 0.2) is 0 Å². The number of nitriles is 1. The number of hydrogen-bond acceptors (Lipinski definition) is 4. The van der Waals surface area contributed by atoms with Gasteiger partial charge in [0.05, 0.1) is 11.3 Å². The largest absolute Gasteiger partial charge is 0.479 e. The van der Waals surface area contributed by atoms with Gasteiger partial charge in [0.25, 0.3) is 5.91 Å². The van der Waals surface area contributed by atoms with Crippen LogP contribution in [0.3, 0.4) is 0 Å². The number of hydrogen-bond donors (Lipinski definition) is 1. The highest BCUT2D eigenvalue weighted by Gasteiger charge is 2.45. The molecule has 0 aromatic carbocycles. The summed E-state index contributed by atoms with van der Waals surface area (Å²) in [5.41, 5.74) is -0.108. The van der Waals surface area contributed by atoms with E-state index in [1.807, 2.05) is 6.07 Å². The van der Waals surface area contributed by atoms with Crippen molar-refractivity contribution >= 4 is 11.9 Å². The molecule has 1 saturated carbocycles. The molecule has 1 aliphatic rings. The van der Waals surface area contributed by atoms with Gasteiger partial charge < -0.3 is 10.0 Å². The summed E-state index contributed by atoms with van der Waals surface area (Å²) in [6, 6.07) is 5.01. The van der Waals surface area contributed by atoms with E-state index in [0.717, 1.165) is 19.3 Å². The molecular formula is C16H19N3O3. The number of aryl methyl sites for hydroxylation is 1. The smallest absolute Gasteiger partial charge is 0.329 e. The van der Waals surface area contributed by atoms with Gasteiger partial charge in [-0.25, -0.2) is 9.78 Å². The van der Waals surface area contributed by atoms with Gasteiger partial charge in [0, 0.05) is 7.05 Å². The zero-order chi connectivity index (χ0) is 16.3. The van der Waals surface area contributed by atoms with Crippen LogP contribution in [0.4, 0.5) is 0 Å². The topological polar surface area (TPSA) is 94.3 Å². The molecule has 1 heterocycles. The van der Waals surface area contributed by atoms with Crippen LogP contribution in [0.2, 0.25) is 0 Å². The number of amides is 1. The molecule has 0 saturated heterocycles. The first-order chi connectivity index (χ1) is 10.4. The molecule has 116 valence electrons. The lowest BCUT2D eigenvalue weighted by Crippen LogP contribution is -2.56. The maximum absolute atomic E-state index is 12.6. The molecule has 1 aliphatic carbocycles. The first-order valence-electron chi connectivity index (χ1n) is 7.31. The summed E-state index contributed by atoms with van der Waals surface area (Å²) in [6.45, 7) is 1.66. The Bertz CT molecular complexity index is 643. The molecule has 0 bridgehead atoms. The van der Waals surface area contributed by atoms with Gasteiger partial charge in [-0.15, -0.1) is 0 Å². The Morgan fingerprint density at radius 1 is 1.32 bits per heavy atom. The summed E-state index contributed by atoms with van der Waals surface area (Å²) in [7, 11) is 1.52. The Morgan fingerprint density at radius 3 is 2.45 bits per heavy atom. The summed E-state index contributed by atoms with van der Waals surface area (Å²) in [5.74, 6) is -1.38. The van der Waals surface area contributed by atoms with Crippen molar-refractivity contribution in [2.45, 2.75) is 44.6 Å². The van der Waals surface area contributed by atoms with E-state index in [9.17, 15) is 14.7 Å². The van der Waals surface area contributed by atoms with Gasteiger partial charge in [0.2, 0.25) is 0 Å². The molecule has 1 aromatic heterocycles. The third-order valence-electron chi connectivity index (χ3n) is 4.45. The molecule has 1 fully saturated rings. The number of aromatic nitrogens is 1. The molecule has 0 radical (unpaired) electrons. The first-order valence-corrected chi connectivity index (χ1v) is 7.31. The van der Waals surface area contributed by atoms with Crippen LogP contribution in [0, 0.1) is 18.3 Å². The monoisotopic (exact) mass is 301 g/mol. The van der Waals surface area contributed by atoms with Gasteiger partial charge >= 0.3 is 5.97 Å². The lowest BCUT2D eigenvalue weighted by atomic mass is 9.80. The van der Waals surface area contributed by atoms with E-state index in [0.29, 0.717) is 24.1 Å². The van der Waals surface area contributed by atoms with Crippen molar-refractivity contribution in [2.75, 3.05) is 7.05 Å². The van der Waals surface area contributed by atoms with Crippen LogP contribution in [-0.4, -0.2) is 39.5 Å². The predicted octanol–water partition coefficient (Wildman–Crippen LogP) is 2.12. The normalized spacial score (nSPS) is 16.6. The standard InChI is InChI=1S/C16H19N3O3/c1-11-12(10-17)6-7-13(18-11)14(20)19(2)16(15(21)22)8-4-3-5-9-16/h6-7H,3-5,8-9H2,1-2H3,(H,21,22). The average molecular weight is 301 g/mol. The van der Waals surface area contributed by atoms with E-state index in [4.69, 9.17) is 5.26 Å². The lowest BCUT2D eigenvalue weighted by molar-refractivity contribution is -0.151. The summed E-state index contributed by atoms with van der Waals surface area (Å²) in [6.07, 6.45) is 3.50. The Morgan fingerprint density at radius 2 is 1.95 bits per heavy atom. The van der Waals surface area contributed by atoms with Crippen molar-refractivity contribution in [2.24, 2.45) is 0 Å². The van der Waals surface area contributed by atoms with Crippen LogP contribution < -0.4 is 0 Å². The summed E-state index contributed by atoms with van der Waals surface area (Å²) < 4.78 is 0. The molecular weight excluding hydrogens is 282 g/mol. The second kappa shape index (κ2) is 6.14. The summed E-state index contributed by atoms with van der Waals surface area (Å²) in [4.78, 5) is 29.8. The Kier molecular flexibility index (Phi) is 4.45. The quantitative estimate of drug-likeness (QED) is 0.922. The van der Waals surface area contributed by atoms with Gasteiger partial charge in [0.1, 0.15) is 17.3 Å². The summed E-state index contributed by atoms with van der Waals surface area (Å²) in [5, 5.41) is 18.5. The van der Waals surface area contributed by atoms with E-state index in [1.54, 1.807) is 6.92 Å². The van der Waals surface area contributed by atoms with Crippen LogP contribution in [-0.2, 0) is 4.79 Å². The molecule has 0 aliphatic heterocycles. The number of nitrogens with zero attached hydrogens (tertiary/aromatic N) is 3. The molecule has 2 rings (SSSR count). The van der Waals surface area contributed by atoms with Crippen LogP contribution in [0.15, 0.2) is 12.1 Å². The molecule has 6 heteroatoms. The minimum atomic E-state index is -1.15. The Labute approximate surface area is 129 Å². The van der Waals surface area contributed by atoms with Crippen molar-refractivity contribution in [3.05, 3.63) is 29.1 Å². The zero-order valence-electron chi connectivity index (χ0n) is 12.8. The third-order valence-corrected chi connectivity index (χ3v) is 4.45. The number of carbonyl (C=O) groups excluding carboxylic acids is 1. The van der Waals surface area contributed by atoms with Crippen LogP contribution in [0.25, 0.3) is 0 Å². The maximum Gasteiger partial charge on any atom is 0.329 e. The SMILES string of the molecule is Cc1nc(C(=O)N(C)C2(C(=O)O)CCCCC2)ccc1C#N. The van der Waals surface area contributed by atoms with E-state index < -0.39 is 17.4 Å². The van der Waals surface area contributed by atoms with E-state index in [2.05, 4.69) is 4.98 Å². The highest BCUT2D eigenvalue weighted by molar-refractivity contribution is 5.96. The van der Waals surface area contributed by atoms with Gasteiger partial charge in [-0.2, -0.15) is 5.26 Å². The molecule has 1 amide bonds. The number of carbonyl (C=O) groups is 2. The van der Waals surface area contributed by atoms with Crippen LogP contribution in [0.5, 0.6) is 0 Å². The number of carboxylic acids is 1. The number of pyridine rings is 1. The van der Waals surface area contributed by atoms with Gasteiger partial charge in [-0.3, -0.25) is 4.79 Å². The van der Waals surface area contributed by atoms with E-state index in [1.165, 1.54) is 24.1 Å². The molecule has 0 atom stereocenters.